The van der Waals surface area contributed by atoms with E-state index >= 15 is 0 Å². The van der Waals surface area contributed by atoms with Gasteiger partial charge in [0.05, 0.1) is 13.2 Å². The lowest BCUT2D eigenvalue weighted by Gasteiger charge is -2.33. The topological polar surface area (TPSA) is 75.9 Å². The predicted molar refractivity (Wildman–Crippen MR) is 79.3 cm³/mol. The smallest absolute Gasteiger partial charge is 0.240 e. The van der Waals surface area contributed by atoms with Crippen LogP contribution in [0.1, 0.15) is 32.6 Å². The molecular formula is C15H27N3O3. The fraction of sp³-hybridized carbons (Fsp3) is 0.867. The first kappa shape index (κ1) is 16.4. The number of morpholine rings is 1. The highest BCUT2D eigenvalue weighted by Crippen LogP contribution is 2.31. The molecule has 0 bridgehead atoms. The molecule has 1 saturated heterocycles. The Morgan fingerprint density at radius 3 is 2.43 bits per heavy atom. The molecule has 2 rings (SSSR count). The van der Waals surface area contributed by atoms with Crippen LogP contribution in [0.3, 0.4) is 0 Å². The summed E-state index contributed by atoms with van der Waals surface area (Å²) in [5.41, 5.74) is 0. The lowest BCUT2D eigenvalue weighted by Crippen LogP contribution is -2.49. The summed E-state index contributed by atoms with van der Waals surface area (Å²) in [6.45, 7) is 6.14. The van der Waals surface area contributed by atoms with Gasteiger partial charge in [-0.3, -0.25) is 19.5 Å². The number of nitrogens with two attached hydrogens (primary N) is 1. The molecule has 21 heavy (non-hydrogen) atoms. The summed E-state index contributed by atoms with van der Waals surface area (Å²) < 4.78 is 5.30. The Kier molecular flexibility index (Phi) is 6.14. The van der Waals surface area contributed by atoms with Crippen molar-refractivity contribution in [2.24, 2.45) is 17.7 Å². The van der Waals surface area contributed by atoms with Crippen LogP contribution >= 0.6 is 0 Å². The molecule has 0 spiro atoms. The number of carbonyl (C=O) groups is 2. The van der Waals surface area contributed by atoms with Crippen molar-refractivity contribution in [1.82, 2.24) is 9.91 Å². The Hall–Kier alpha value is -0.980. The zero-order valence-electron chi connectivity index (χ0n) is 12.9. The molecule has 0 aromatic heterocycles. The highest BCUT2D eigenvalue weighted by Gasteiger charge is 2.35. The molecule has 2 fully saturated rings. The van der Waals surface area contributed by atoms with Gasteiger partial charge in [-0.2, -0.15) is 0 Å². The standard InChI is InChI=1S/C15H27N3O3/c1-12(19)13-4-2-3-5-14(13)15(20)18(16)7-6-17-8-10-21-11-9-17/h13-14H,2-11,16H2,1H3/t13-,14-/m1/s1. The lowest BCUT2D eigenvalue weighted by atomic mass is 9.76. The quantitative estimate of drug-likeness (QED) is 0.452. The molecule has 2 atom stereocenters. The first-order valence-corrected chi connectivity index (χ1v) is 7.96. The summed E-state index contributed by atoms with van der Waals surface area (Å²) in [6, 6.07) is 0. The minimum atomic E-state index is -0.217. The number of ketones is 1. The summed E-state index contributed by atoms with van der Waals surface area (Å²) >= 11 is 0. The highest BCUT2D eigenvalue weighted by molar-refractivity contribution is 5.87. The van der Waals surface area contributed by atoms with E-state index < -0.39 is 0 Å². The van der Waals surface area contributed by atoms with Crippen molar-refractivity contribution in [3.8, 4) is 0 Å². The normalized spacial score (nSPS) is 27.3. The number of Topliss-reactive ketones (excluding diaryl/α,β-unsaturated/α-hetero) is 1. The number of hydrazine groups is 1. The van der Waals surface area contributed by atoms with Gasteiger partial charge in [0.1, 0.15) is 5.78 Å². The number of hydrogen-bond donors (Lipinski definition) is 1. The zero-order chi connectivity index (χ0) is 15.2. The fourth-order valence-corrected chi connectivity index (χ4v) is 3.31. The van der Waals surface area contributed by atoms with E-state index in [0.717, 1.165) is 58.5 Å². The van der Waals surface area contributed by atoms with Gasteiger partial charge in [0.15, 0.2) is 0 Å². The molecule has 0 unspecified atom stereocenters. The third-order valence-electron chi connectivity index (χ3n) is 4.65. The van der Waals surface area contributed by atoms with E-state index in [1.165, 1.54) is 5.01 Å². The van der Waals surface area contributed by atoms with Crippen LogP contribution in [0.25, 0.3) is 0 Å². The molecule has 1 aliphatic heterocycles. The largest absolute Gasteiger partial charge is 0.379 e. The molecule has 1 amide bonds. The van der Waals surface area contributed by atoms with Crippen molar-refractivity contribution in [2.75, 3.05) is 39.4 Å². The van der Waals surface area contributed by atoms with Gasteiger partial charge in [-0.1, -0.05) is 12.8 Å². The van der Waals surface area contributed by atoms with Gasteiger partial charge >= 0.3 is 0 Å². The van der Waals surface area contributed by atoms with Crippen molar-refractivity contribution in [3.05, 3.63) is 0 Å². The maximum absolute atomic E-state index is 12.5. The van der Waals surface area contributed by atoms with Gasteiger partial charge in [-0.25, -0.2) is 5.84 Å². The molecule has 0 radical (unpaired) electrons. The van der Waals surface area contributed by atoms with Gasteiger partial charge in [0, 0.05) is 38.0 Å². The van der Waals surface area contributed by atoms with Crippen LogP contribution in [0.4, 0.5) is 0 Å². The first-order valence-electron chi connectivity index (χ1n) is 7.96. The van der Waals surface area contributed by atoms with Crippen LogP contribution in [-0.4, -0.2) is 61.0 Å². The van der Waals surface area contributed by atoms with Gasteiger partial charge in [-0.15, -0.1) is 0 Å². The van der Waals surface area contributed by atoms with E-state index in [-0.39, 0.29) is 23.5 Å². The van der Waals surface area contributed by atoms with Crippen LogP contribution in [0.5, 0.6) is 0 Å². The minimum Gasteiger partial charge on any atom is -0.379 e. The van der Waals surface area contributed by atoms with Crippen molar-refractivity contribution >= 4 is 11.7 Å². The van der Waals surface area contributed by atoms with Crippen LogP contribution in [0, 0.1) is 11.8 Å². The number of ether oxygens (including phenoxy) is 1. The molecule has 2 aliphatic rings. The molecule has 120 valence electrons. The Balaban J connectivity index is 1.83. The molecule has 0 aromatic carbocycles. The minimum absolute atomic E-state index is 0.0665. The first-order chi connectivity index (χ1) is 10.1. The van der Waals surface area contributed by atoms with Gasteiger partial charge in [0.2, 0.25) is 5.91 Å². The van der Waals surface area contributed by atoms with Crippen LogP contribution in [-0.2, 0) is 14.3 Å². The van der Waals surface area contributed by atoms with Gasteiger partial charge in [-0.05, 0) is 19.8 Å². The number of amides is 1. The SMILES string of the molecule is CC(=O)[C@H]1CCCC[C@H]1C(=O)N(N)CCN1CCOCC1. The highest BCUT2D eigenvalue weighted by atomic mass is 16.5. The predicted octanol–water partition coefficient (Wildman–Crippen LogP) is 0.416. The van der Waals surface area contributed by atoms with Gasteiger partial charge in [0.25, 0.3) is 0 Å². The third-order valence-corrected chi connectivity index (χ3v) is 4.65. The summed E-state index contributed by atoms with van der Waals surface area (Å²) in [5, 5.41) is 1.32. The van der Waals surface area contributed by atoms with Gasteiger partial charge < -0.3 is 4.74 Å². The van der Waals surface area contributed by atoms with Crippen LogP contribution in [0.2, 0.25) is 0 Å². The number of carbonyl (C=O) groups excluding carboxylic acids is 2. The van der Waals surface area contributed by atoms with Crippen molar-refractivity contribution in [1.29, 1.82) is 0 Å². The van der Waals surface area contributed by atoms with E-state index in [4.69, 9.17) is 10.6 Å². The molecule has 6 heteroatoms. The average molecular weight is 297 g/mol. The van der Waals surface area contributed by atoms with Crippen molar-refractivity contribution in [3.63, 3.8) is 0 Å². The summed E-state index contributed by atoms with van der Waals surface area (Å²) in [4.78, 5) is 26.4. The third kappa shape index (κ3) is 4.49. The number of hydrogen-bond acceptors (Lipinski definition) is 5. The van der Waals surface area contributed by atoms with Crippen molar-refractivity contribution in [2.45, 2.75) is 32.6 Å². The number of nitrogens with zero attached hydrogens (tertiary/aromatic N) is 2. The van der Waals surface area contributed by atoms with Crippen molar-refractivity contribution < 1.29 is 14.3 Å². The maximum Gasteiger partial charge on any atom is 0.240 e. The Morgan fingerprint density at radius 1 is 1.19 bits per heavy atom. The van der Waals surface area contributed by atoms with E-state index in [9.17, 15) is 9.59 Å². The second kappa shape index (κ2) is 7.87. The zero-order valence-corrected chi connectivity index (χ0v) is 12.9. The van der Waals surface area contributed by atoms with Crippen LogP contribution in [0.15, 0.2) is 0 Å². The summed E-state index contributed by atoms with van der Waals surface area (Å²) in [5.74, 6) is 5.64. The second-order valence-electron chi connectivity index (χ2n) is 6.09. The monoisotopic (exact) mass is 297 g/mol. The maximum atomic E-state index is 12.5. The molecule has 1 aliphatic carbocycles. The van der Waals surface area contributed by atoms with Crippen LogP contribution < -0.4 is 5.84 Å². The molecule has 0 aromatic rings. The second-order valence-corrected chi connectivity index (χ2v) is 6.09. The molecule has 1 saturated carbocycles. The molecule has 2 N–H and O–H groups in total. The Labute approximate surface area is 126 Å². The molecule has 6 nitrogen and oxygen atoms in total. The summed E-state index contributed by atoms with van der Waals surface area (Å²) in [6.07, 6.45) is 3.65. The average Bonchev–Trinajstić information content (AvgIpc) is 2.52. The lowest BCUT2D eigenvalue weighted by molar-refractivity contribution is -0.143. The Morgan fingerprint density at radius 2 is 1.81 bits per heavy atom. The van der Waals surface area contributed by atoms with E-state index in [0.29, 0.717) is 6.54 Å². The fourth-order valence-electron chi connectivity index (χ4n) is 3.31. The molecular weight excluding hydrogens is 270 g/mol. The van der Waals surface area contributed by atoms with E-state index in [2.05, 4.69) is 4.90 Å². The summed E-state index contributed by atoms with van der Waals surface area (Å²) in [7, 11) is 0. The van der Waals surface area contributed by atoms with E-state index in [1.807, 2.05) is 0 Å². The Bertz CT molecular complexity index is 369. The molecule has 1 heterocycles. The van der Waals surface area contributed by atoms with E-state index in [1.54, 1.807) is 6.92 Å². The number of rotatable bonds is 5.